The van der Waals surface area contributed by atoms with Crippen LogP contribution in [0.4, 0.5) is 0 Å². The molecule has 0 N–H and O–H groups in total. The summed E-state index contributed by atoms with van der Waals surface area (Å²) in [4.78, 5) is 21.4. The van der Waals surface area contributed by atoms with Crippen LogP contribution in [-0.2, 0) is 6.54 Å². The summed E-state index contributed by atoms with van der Waals surface area (Å²) in [7, 11) is 3.15. The molecule has 2 aromatic heterocycles. The van der Waals surface area contributed by atoms with E-state index in [1.54, 1.807) is 37.8 Å². The van der Waals surface area contributed by atoms with Gasteiger partial charge in [0.15, 0.2) is 11.5 Å². The van der Waals surface area contributed by atoms with Crippen LogP contribution in [0, 0.1) is 6.92 Å². The van der Waals surface area contributed by atoms with Crippen molar-refractivity contribution in [3.05, 3.63) is 52.4 Å². The van der Waals surface area contributed by atoms with E-state index in [9.17, 15) is 4.79 Å². The number of methoxy groups -OCH3 is 2. The van der Waals surface area contributed by atoms with E-state index in [1.807, 2.05) is 31.2 Å². The molecule has 2 aromatic carbocycles. The predicted octanol–water partition coefficient (Wildman–Crippen LogP) is 3.85. The zero-order valence-electron chi connectivity index (χ0n) is 17.3. The third-order valence-electron chi connectivity index (χ3n) is 4.87. The molecule has 0 atom stereocenters. The lowest BCUT2D eigenvalue weighted by Gasteiger charge is -2.10. The highest BCUT2D eigenvalue weighted by molar-refractivity contribution is 5.80. The van der Waals surface area contributed by atoms with E-state index in [0.717, 1.165) is 28.6 Å². The van der Waals surface area contributed by atoms with Gasteiger partial charge in [-0.25, -0.2) is 4.98 Å². The Labute approximate surface area is 173 Å². The summed E-state index contributed by atoms with van der Waals surface area (Å²) in [5.74, 6) is 2.00. The third kappa shape index (κ3) is 3.41. The van der Waals surface area contributed by atoms with Gasteiger partial charge in [-0.15, -0.1) is 0 Å². The number of hydrogen-bond donors (Lipinski definition) is 0. The van der Waals surface area contributed by atoms with Gasteiger partial charge in [-0.3, -0.25) is 4.79 Å². The fraction of sp³-hybridized carbons (Fsp3) is 0.273. The van der Waals surface area contributed by atoms with Crippen LogP contribution in [0.25, 0.3) is 33.9 Å². The van der Waals surface area contributed by atoms with Crippen molar-refractivity contribution in [1.29, 1.82) is 0 Å². The molecule has 0 bridgehead atoms. The monoisotopic (exact) mass is 406 g/mol. The molecule has 0 aliphatic rings. The fourth-order valence-corrected chi connectivity index (χ4v) is 3.39. The number of ether oxygens (including phenoxy) is 2. The van der Waals surface area contributed by atoms with Crippen LogP contribution in [0.2, 0.25) is 0 Å². The summed E-state index contributed by atoms with van der Waals surface area (Å²) in [5.41, 5.74) is 3.39. The number of nitrogens with zero attached hydrogens (tertiary/aromatic N) is 4. The molecule has 0 fully saturated rings. The molecule has 0 radical (unpaired) electrons. The Bertz CT molecular complexity index is 1280. The minimum atomic E-state index is -0.0626. The number of aryl methyl sites for hydroxylation is 2. The van der Waals surface area contributed by atoms with Crippen molar-refractivity contribution in [2.24, 2.45) is 0 Å². The van der Waals surface area contributed by atoms with Gasteiger partial charge in [0.1, 0.15) is 5.69 Å². The highest BCUT2D eigenvalue weighted by Gasteiger charge is 2.15. The molecule has 30 heavy (non-hydrogen) atoms. The summed E-state index contributed by atoms with van der Waals surface area (Å²) in [6.07, 6.45) is 0.861. The molecule has 0 spiro atoms. The Morgan fingerprint density at radius 3 is 2.50 bits per heavy atom. The van der Waals surface area contributed by atoms with Crippen LogP contribution in [0.3, 0.4) is 0 Å². The molecule has 154 valence electrons. The maximum absolute atomic E-state index is 12.4. The van der Waals surface area contributed by atoms with Gasteiger partial charge in [-0.1, -0.05) is 12.1 Å². The molecule has 0 unspecified atom stereocenters. The highest BCUT2D eigenvalue weighted by atomic mass is 16.5. The van der Waals surface area contributed by atoms with E-state index in [-0.39, 0.29) is 5.56 Å². The van der Waals surface area contributed by atoms with Crippen molar-refractivity contribution in [1.82, 2.24) is 19.7 Å². The topological polar surface area (TPSA) is 92.3 Å². The van der Waals surface area contributed by atoms with Crippen molar-refractivity contribution in [2.75, 3.05) is 14.2 Å². The van der Waals surface area contributed by atoms with Crippen molar-refractivity contribution >= 4 is 11.0 Å². The quantitative estimate of drug-likeness (QED) is 0.480. The highest BCUT2D eigenvalue weighted by Crippen LogP contribution is 2.32. The van der Waals surface area contributed by atoms with Crippen LogP contribution in [-0.4, -0.2) is 33.9 Å². The van der Waals surface area contributed by atoms with Crippen LogP contribution in [0.5, 0.6) is 11.5 Å². The van der Waals surface area contributed by atoms with Gasteiger partial charge < -0.3 is 18.6 Å². The Morgan fingerprint density at radius 1 is 1.00 bits per heavy atom. The Kier molecular flexibility index (Phi) is 5.22. The first-order chi connectivity index (χ1) is 14.5. The van der Waals surface area contributed by atoms with E-state index in [0.29, 0.717) is 35.5 Å². The first-order valence-corrected chi connectivity index (χ1v) is 9.63. The van der Waals surface area contributed by atoms with Gasteiger partial charge in [-0.05, 0) is 49.7 Å². The third-order valence-corrected chi connectivity index (χ3v) is 4.87. The smallest absolute Gasteiger partial charge is 0.272 e. The lowest BCUT2D eigenvalue weighted by atomic mass is 10.1. The summed E-state index contributed by atoms with van der Waals surface area (Å²) < 4.78 is 17.8. The lowest BCUT2D eigenvalue weighted by Crippen LogP contribution is -2.24. The molecule has 2 heterocycles. The van der Waals surface area contributed by atoms with E-state index in [2.05, 4.69) is 15.1 Å². The van der Waals surface area contributed by atoms with Gasteiger partial charge in [0.25, 0.3) is 11.4 Å². The first kappa shape index (κ1) is 19.6. The number of rotatable bonds is 6. The standard InChI is InChI=1S/C22H22N4O4/c1-5-10-26-17-8-6-14(11-16(17)23-13(2)22(26)27)20-24-21(30-25-20)15-7-9-18(28-3)19(12-15)29-4/h6-9,11-12H,5,10H2,1-4H3. The zero-order chi connectivity index (χ0) is 21.3. The summed E-state index contributed by atoms with van der Waals surface area (Å²) in [6.45, 7) is 4.41. The second-order valence-corrected chi connectivity index (χ2v) is 6.85. The van der Waals surface area contributed by atoms with Crippen molar-refractivity contribution in [3.8, 4) is 34.3 Å². The van der Waals surface area contributed by atoms with E-state index in [1.165, 1.54) is 0 Å². The molecule has 0 aliphatic carbocycles. The second kappa shape index (κ2) is 7.98. The molecule has 0 aliphatic heterocycles. The van der Waals surface area contributed by atoms with Crippen LogP contribution in [0.15, 0.2) is 45.7 Å². The Hall–Kier alpha value is -3.68. The number of benzene rings is 2. The van der Waals surface area contributed by atoms with Crippen molar-refractivity contribution < 1.29 is 14.0 Å². The molecule has 8 heteroatoms. The summed E-state index contributed by atoms with van der Waals surface area (Å²) >= 11 is 0. The zero-order valence-corrected chi connectivity index (χ0v) is 17.3. The number of hydrogen-bond acceptors (Lipinski definition) is 7. The molecule has 4 aromatic rings. The van der Waals surface area contributed by atoms with Crippen LogP contribution in [0.1, 0.15) is 19.0 Å². The van der Waals surface area contributed by atoms with E-state index < -0.39 is 0 Å². The summed E-state index contributed by atoms with van der Waals surface area (Å²) in [5, 5.41) is 4.11. The van der Waals surface area contributed by atoms with Gasteiger partial charge in [-0.2, -0.15) is 4.98 Å². The molecule has 8 nitrogen and oxygen atoms in total. The maximum atomic E-state index is 12.4. The number of aromatic nitrogens is 4. The minimum absolute atomic E-state index is 0.0626. The molecule has 0 saturated heterocycles. The minimum Gasteiger partial charge on any atom is -0.493 e. The van der Waals surface area contributed by atoms with Crippen molar-refractivity contribution in [2.45, 2.75) is 26.8 Å². The van der Waals surface area contributed by atoms with Crippen LogP contribution < -0.4 is 15.0 Å². The molecule has 0 saturated carbocycles. The molecular formula is C22H22N4O4. The number of fused-ring (bicyclic) bond motifs is 1. The maximum Gasteiger partial charge on any atom is 0.272 e. The van der Waals surface area contributed by atoms with E-state index >= 15 is 0 Å². The SMILES string of the molecule is CCCn1c(=O)c(C)nc2cc(-c3noc(-c4ccc(OC)c(OC)c4)n3)ccc21. The molecule has 0 amide bonds. The Morgan fingerprint density at radius 2 is 1.77 bits per heavy atom. The van der Waals surface area contributed by atoms with Gasteiger partial charge in [0.05, 0.1) is 25.3 Å². The van der Waals surface area contributed by atoms with Gasteiger partial charge in [0.2, 0.25) is 5.82 Å². The predicted molar refractivity (Wildman–Crippen MR) is 113 cm³/mol. The fourth-order valence-electron chi connectivity index (χ4n) is 3.39. The largest absolute Gasteiger partial charge is 0.493 e. The van der Waals surface area contributed by atoms with E-state index in [4.69, 9.17) is 14.0 Å². The van der Waals surface area contributed by atoms with Crippen molar-refractivity contribution in [3.63, 3.8) is 0 Å². The summed E-state index contributed by atoms with van der Waals surface area (Å²) in [6, 6.07) is 11.0. The van der Waals surface area contributed by atoms with Gasteiger partial charge in [0, 0.05) is 17.7 Å². The van der Waals surface area contributed by atoms with Crippen LogP contribution >= 0.6 is 0 Å². The Balaban J connectivity index is 1.75. The van der Waals surface area contributed by atoms with Gasteiger partial charge >= 0.3 is 0 Å². The lowest BCUT2D eigenvalue weighted by molar-refractivity contribution is 0.355. The second-order valence-electron chi connectivity index (χ2n) is 6.85. The average Bonchev–Trinajstić information content (AvgIpc) is 3.26. The molecule has 4 rings (SSSR count). The molecular weight excluding hydrogens is 384 g/mol. The average molecular weight is 406 g/mol. The normalized spacial score (nSPS) is 11.1. The first-order valence-electron chi connectivity index (χ1n) is 9.63.